The predicted molar refractivity (Wildman–Crippen MR) is 103 cm³/mol. The van der Waals surface area contributed by atoms with Crippen LogP contribution in [0.25, 0.3) is 22.4 Å². The van der Waals surface area contributed by atoms with Crippen LogP contribution >= 0.6 is 0 Å². The molecule has 0 aliphatic heterocycles. The highest BCUT2D eigenvalue weighted by Crippen LogP contribution is 2.33. The molecule has 0 fully saturated rings. The second-order valence-electron chi connectivity index (χ2n) is 6.22. The summed E-state index contributed by atoms with van der Waals surface area (Å²) in [6.45, 7) is 0.394. The average Bonchev–Trinajstić information content (AvgIpc) is 3.09. The highest BCUT2D eigenvalue weighted by molar-refractivity contribution is 5.80. The number of aryl methyl sites for hydroxylation is 1. The standard InChI is InChI=1S/C22H18FN3O/c1-26-14-20(17-9-11-24-12-10-17)22(25-26)19-8-7-18(13-21(19)23)27-15-16-5-3-2-4-6-16/h2-14H,15H2,1H3. The molecule has 0 saturated carbocycles. The summed E-state index contributed by atoms with van der Waals surface area (Å²) in [7, 11) is 1.82. The average molecular weight is 359 g/mol. The van der Waals surface area contributed by atoms with Crippen molar-refractivity contribution in [1.82, 2.24) is 14.8 Å². The molecule has 2 heterocycles. The Bertz CT molecular complexity index is 1050. The highest BCUT2D eigenvalue weighted by atomic mass is 19.1. The van der Waals surface area contributed by atoms with E-state index in [0.29, 0.717) is 23.6 Å². The van der Waals surface area contributed by atoms with Gasteiger partial charge in [0.1, 0.15) is 23.9 Å². The molecule has 0 aliphatic carbocycles. The Morgan fingerprint density at radius 1 is 0.963 bits per heavy atom. The molecule has 134 valence electrons. The molecule has 0 bridgehead atoms. The molecule has 0 radical (unpaired) electrons. The fourth-order valence-electron chi connectivity index (χ4n) is 2.95. The molecule has 0 aliphatic rings. The third-order valence-corrected chi connectivity index (χ3v) is 4.26. The molecule has 4 nitrogen and oxygen atoms in total. The van der Waals surface area contributed by atoms with Gasteiger partial charge in [0.05, 0.1) is 0 Å². The molecule has 2 aromatic heterocycles. The summed E-state index contributed by atoms with van der Waals surface area (Å²) in [5.74, 6) is 0.121. The van der Waals surface area contributed by atoms with Crippen LogP contribution in [-0.2, 0) is 13.7 Å². The van der Waals surface area contributed by atoms with Crippen LogP contribution in [0.1, 0.15) is 5.56 Å². The molecular formula is C22H18FN3O. The van der Waals surface area contributed by atoms with E-state index >= 15 is 0 Å². The van der Waals surface area contributed by atoms with E-state index < -0.39 is 0 Å². The summed E-state index contributed by atoms with van der Waals surface area (Å²) >= 11 is 0. The number of pyridine rings is 1. The van der Waals surface area contributed by atoms with E-state index in [1.54, 1.807) is 29.2 Å². The Kier molecular flexibility index (Phi) is 4.66. The lowest BCUT2D eigenvalue weighted by Gasteiger charge is -2.09. The summed E-state index contributed by atoms with van der Waals surface area (Å²) in [4.78, 5) is 4.04. The van der Waals surface area contributed by atoms with Crippen LogP contribution in [0.5, 0.6) is 5.75 Å². The van der Waals surface area contributed by atoms with Crippen LogP contribution in [0.3, 0.4) is 0 Å². The predicted octanol–water partition coefficient (Wildman–Crippen LogP) is 4.87. The first-order valence-corrected chi connectivity index (χ1v) is 8.61. The molecule has 0 spiro atoms. The van der Waals surface area contributed by atoms with E-state index in [9.17, 15) is 4.39 Å². The lowest BCUT2D eigenvalue weighted by atomic mass is 10.0. The van der Waals surface area contributed by atoms with Gasteiger partial charge in [-0.3, -0.25) is 9.67 Å². The first-order chi connectivity index (χ1) is 13.2. The highest BCUT2D eigenvalue weighted by Gasteiger charge is 2.16. The van der Waals surface area contributed by atoms with Crippen molar-refractivity contribution in [2.45, 2.75) is 6.61 Å². The maximum atomic E-state index is 14.8. The second kappa shape index (κ2) is 7.41. The van der Waals surface area contributed by atoms with E-state index in [4.69, 9.17) is 4.74 Å². The summed E-state index contributed by atoms with van der Waals surface area (Å²) in [5, 5.41) is 4.46. The molecular weight excluding hydrogens is 341 g/mol. The van der Waals surface area contributed by atoms with Crippen molar-refractivity contribution in [2.75, 3.05) is 0 Å². The second-order valence-corrected chi connectivity index (χ2v) is 6.22. The normalized spacial score (nSPS) is 10.7. The molecule has 4 rings (SSSR count). The van der Waals surface area contributed by atoms with E-state index in [0.717, 1.165) is 16.7 Å². The van der Waals surface area contributed by atoms with E-state index in [-0.39, 0.29) is 5.82 Å². The Hall–Kier alpha value is -3.47. The number of hydrogen-bond acceptors (Lipinski definition) is 3. The maximum Gasteiger partial charge on any atom is 0.136 e. The van der Waals surface area contributed by atoms with Gasteiger partial charge in [0.2, 0.25) is 0 Å². The number of ether oxygens (including phenoxy) is 1. The number of aromatic nitrogens is 3. The van der Waals surface area contributed by atoms with Crippen LogP contribution in [0.4, 0.5) is 4.39 Å². The van der Waals surface area contributed by atoms with Crippen molar-refractivity contribution in [1.29, 1.82) is 0 Å². The largest absolute Gasteiger partial charge is 0.489 e. The monoisotopic (exact) mass is 359 g/mol. The van der Waals surface area contributed by atoms with Gasteiger partial charge in [-0.1, -0.05) is 30.3 Å². The van der Waals surface area contributed by atoms with Crippen molar-refractivity contribution in [2.24, 2.45) is 7.05 Å². The van der Waals surface area contributed by atoms with Gasteiger partial charge in [0, 0.05) is 42.8 Å². The first kappa shape index (κ1) is 17.0. The Morgan fingerprint density at radius 3 is 2.48 bits per heavy atom. The molecule has 27 heavy (non-hydrogen) atoms. The number of hydrogen-bond donors (Lipinski definition) is 0. The molecule has 0 N–H and O–H groups in total. The zero-order valence-electron chi connectivity index (χ0n) is 14.8. The minimum atomic E-state index is -0.366. The van der Waals surface area contributed by atoms with Crippen molar-refractivity contribution in [3.8, 4) is 28.1 Å². The molecule has 4 aromatic rings. The lowest BCUT2D eigenvalue weighted by molar-refractivity contribution is 0.304. The Labute approximate surface area is 156 Å². The van der Waals surface area contributed by atoms with E-state index in [1.165, 1.54) is 6.07 Å². The quantitative estimate of drug-likeness (QED) is 0.510. The van der Waals surface area contributed by atoms with Gasteiger partial charge >= 0.3 is 0 Å². The summed E-state index contributed by atoms with van der Waals surface area (Å²) in [6, 6.07) is 18.4. The minimum Gasteiger partial charge on any atom is -0.489 e. The number of nitrogens with zero attached hydrogens (tertiary/aromatic N) is 3. The number of rotatable bonds is 5. The van der Waals surface area contributed by atoms with Crippen LogP contribution in [0, 0.1) is 5.82 Å². The fourth-order valence-corrected chi connectivity index (χ4v) is 2.95. The van der Waals surface area contributed by atoms with Crippen molar-refractivity contribution in [3.05, 3.63) is 90.6 Å². The Morgan fingerprint density at radius 2 is 1.74 bits per heavy atom. The summed E-state index contributed by atoms with van der Waals surface area (Å²) in [6.07, 6.45) is 5.30. The van der Waals surface area contributed by atoms with Crippen molar-refractivity contribution >= 4 is 0 Å². The van der Waals surface area contributed by atoms with Gasteiger partial charge in [-0.25, -0.2) is 4.39 Å². The molecule has 0 amide bonds. The third-order valence-electron chi connectivity index (χ3n) is 4.26. The third kappa shape index (κ3) is 3.72. The van der Waals surface area contributed by atoms with Crippen molar-refractivity contribution < 1.29 is 9.13 Å². The SMILES string of the molecule is Cn1cc(-c2ccncc2)c(-c2ccc(OCc3ccccc3)cc2F)n1. The van der Waals surface area contributed by atoms with E-state index in [2.05, 4.69) is 10.1 Å². The fraction of sp³-hybridized carbons (Fsp3) is 0.0909. The summed E-state index contributed by atoms with van der Waals surface area (Å²) < 4.78 is 22.2. The molecule has 0 atom stereocenters. The first-order valence-electron chi connectivity index (χ1n) is 8.61. The zero-order valence-corrected chi connectivity index (χ0v) is 14.8. The van der Waals surface area contributed by atoms with E-state index in [1.807, 2.05) is 55.7 Å². The van der Waals surface area contributed by atoms with Crippen LogP contribution in [-0.4, -0.2) is 14.8 Å². The molecule has 0 unspecified atom stereocenters. The topological polar surface area (TPSA) is 39.9 Å². The molecule has 0 saturated heterocycles. The van der Waals surface area contributed by atoms with Gasteiger partial charge in [-0.2, -0.15) is 5.10 Å². The molecule has 2 aromatic carbocycles. The molecule has 5 heteroatoms. The van der Waals surface area contributed by atoms with Gasteiger partial charge in [-0.05, 0) is 35.4 Å². The number of benzene rings is 2. The van der Waals surface area contributed by atoms with Crippen LogP contribution in [0.2, 0.25) is 0 Å². The maximum absolute atomic E-state index is 14.8. The number of halogens is 1. The van der Waals surface area contributed by atoms with Crippen molar-refractivity contribution in [3.63, 3.8) is 0 Å². The minimum absolute atomic E-state index is 0.366. The van der Waals surface area contributed by atoms with Gasteiger partial charge in [0.25, 0.3) is 0 Å². The van der Waals surface area contributed by atoms with Crippen LogP contribution in [0.15, 0.2) is 79.3 Å². The summed E-state index contributed by atoms with van der Waals surface area (Å²) in [5.41, 5.74) is 3.87. The van der Waals surface area contributed by atoms with Gasteiger partial charge in [-0.15, -0.1) is 0 Å². The zero-order chi connectivity index (χ0) is 18.6. The smallest absolute Gasteiger partial charge is 0.136 e. The Balaban J connectivity index is 1.62. The van der Waals surface area contributed by atoms with Gasteiger partial charge in [0.15, 0.2) is 0 Å². The lowest BCUT2D eigenvalue weighted by Crippen LogP contribution is -1.96. The van der Waals surface area contributed by atoms with Crippen LogP contribution < -0.4 is 4.74 Å². The van der Waals surface area contributed by atoms with Gasteiger partial charge < -0.3 is 4.74 Å².